The van der Waals surface area contributed by atoms with Crippen LogP contribution in [0, 0.1) is 11.8 Å². The summed E-state index contributed by atoms with van der Waals surface area (Å²) < 4.78 is 0. The van der Waals surface area contributed by atoms with Crippen LogP contribution in [0.2, 0.25) is 0 Å². The van der Waals surface area contributed by atoms with Crippen molar-refractivity contribution < 1.29 is 14.7 Å². The third-order valence-corrected chi connectivity index (χ3v) is 3.68. The number of hydrogen-bond donors (Lipinski definition) is 3. The van der Waals surface area contributed by atoms with E-state index in [9.17, 15) is 9.59 Å². The van der Waals surface area contributed by atoms with Gasteiger partial charge in [-0.25, -0.2) is 0 Å². The molecule has 108 valence electrons. The van der Waals surface area contributed by atoms with Gasteiger partial charge in [0, 0.05) is 18.7 Å². The molecule has 3 N–H and O–H groups in total. The van der Waals surface area contributed by atoms with Crippen molar-refractivity contribution in [3.63, 3.8) is 0 Å². The Bertz CT molecular complexity index is 502. The fourth-order valence-electron chi connectivity index (χ4n) is 2.45. The predicted octanol–water partition coefficient (Wildman–Crippen LogP) is 1.50. The number of rotatable bonds is 5. The van der Waals surface area contributed by atoms with Gasteiger partial charge in [0.1, 0.15) is 0 Å². The number of anilines is 1. The minimum absolute atomic E-state index is 0.00215. The molecule has 20 heavy (non-hydrogen) atoms. The number of aryl methyl sites for hydroxylation is 1. The van der Waals surface area contributed by atoms with Gasteiger partial charge in [0.25, 0.3) is 0 Å². The van der Waals surface area contributed by atoms with Crippen LogP contribution < -0.4 is 10.6 Å². The van der Waals surface area contributed by atoms with Gasteiger partial charge in [0.15, 0.2) is 0 Å². The number of nitrogens with one attached hydrogen (secondary N) is 2. The first-order valence-electron chi connectivity index (χ1n) is 6.88. The van der Waals surface area contributed by atoms with Crippen molar-refractivity contribution in [2.45, 2.75) is 19.8 Å². The van der Waals surface area contributed by atoms with Gasteiger partial charge in [-0.3, -0.25) is 9.59 Å². The monoisotopic (exact) mass is 276 g/mol. The van der Waals surface area contributed by atoms with E-state index in [-0.39, 0.29) is 18.2 Å². The highest BCUT2D eigenvalue weighted by Gasteiger charge is 2.29. The van der Waals surface area contributed by atoms with Gasteiger partial charge in [0.05, 0.1) is 5.92 Å². The lowest BCUT2D eigenvalue weighted by Crippen LogP contribution is -2.27. The van der Waals surface area contributed by atoms with Crippen LogP contribution in [-0.2, 0) is 16.0 Å². The molecule has 0 radical (unpaired) electrons. The molecular weight excluding hydrogens is 256 g/mol. The zero-order valence-corrected chi connectivity index (χ0v) is 11.6. The van der Waals surface area contributed by atoms with Crippen LogP contribution >= 0.6 is 0 Å². The summed E-state index contributed by atoms with van der Waals surface area (Å²) in [4.78, 5) is 22.7. The Balaban J connectivity index is 1.96. The van der Waals surface area contributed by atoms with Crippen LogP contribution in [-0.4, -0.2) is 30.1 Å². The van der Waals surface area contributed by atoms with Crippen LogP contribution in [0.25, 0.3) is 0 Å². The van der Waals surface area contributed by atoms with E-state index in [4.69, 9.17) is 5.11 Å². The lowest BCUT2D eigenvalue weighted by Gasteiger charge is -2.14. The number of carbonyl (C=O) groups excluding carboxylic acids is 1. The zero-order chi connectivity index (χ0) is 14.5. The Hall–Kier alpha value is -1.88. The summed E-state index contributed by atoms with van der Waals surface area (Å²) in [5.74, 6) is -0.453. The maximum absolute atomic E-state index is 12.2. The SMILES string of the molecule is C[C@@H]1CNC[C@H]1C(=O)Nc1cccc(CCC(=O)O)c1. The average molecular weight is 276 g/mol. The molecule has 0 unspecified atom stereocenters. The third-order valence-electron chi connectivity index (χ3n) is 3.68. The number of carbonyl (C=O) groups is 2. The second kappa shape index (κ2) is 6.52. The van der Waals surface area contributed by atoms with Crippen molar-refractivity contribution in [2.75, 3.05) is 18.4 Å². The van der Waals surface area contributed by atoms with Crippen molar-refractivity contribution in [3.8, 4) is 0 Å². The van der Waals surface area contributed by atoms with Crippen molar-refractivity contribution >= 4 is 17.6 Å². The topological polar surface area (TPSA) is 78.4 Å². The van der Waals surface area contributed by atoms with Gasteiger partial charge >= 0.3 is 5.97 Å². The van der Waals surface area contributed by atoms with E-state index in [1.807, 2.05) is 24.3 Å². The largest absolute Gasteiger partial charge is 0.481 e. The standard InChI is InChI=1S/C15H20N2O3/c1-10-8-16-9-13(10)15(20)17-12-4-2-3-11(7-12)5-6-14(18)19/h2-4,7,10,13,16H,5-6,8-9H2,1H3,(H,17,20)(H,18,19)/t10-,13-/m1/s1. The quantitative estimate of drug-likeness (QED) is 0.761. The summed E-state index contributed by atoms with van der Waals surface area (Å²) in [6.45, 7) is 3.65. The molecule has 0 bridgehead atoms. The maximum atomic E-state index is 12.2. The first-order valence-corrected chi connectivity index (χ1v) is 6.88. The van der Waals surface area contributed by atoms with Crippen LogP contribution in [0.4, 0.5) is 5.69 Å². The summed E-state index contributed by atoms with van der Waals surface area (Å²) >= 11 is 0. The van der Waals surface area contributed by atoms with Gasteiger partial charge in [-0.2, -0.15) is 0 Å². The zero-order valence-electron chi connectivity index (χ0n) is 11.6. The van der Waals surface area contributed by atoms with Gasteiger partial charge in [-0.15, -0.1) is 0 Å². The lowest BCUT2D eigenvalue weighted by atomic mass is 9.97. The fourth-order valence-corrected chi connectivity index (χ4v) is 2.45. The molecule has 5 heteroatoms. The second-order valence-corrected chi connectivity index (χ2v) is 5.33. The molecule has 0 spiro atoms. The summed E-state index contributed by atoms with van der Waals surface area (Å²) in [5, 5.41) is 14.8. The highest BCUT2D eigenvalue weighted by Crippen LogP contribution is 2.19. The van der Waals surface area contributed by atoms with Crippen molar-refractivity contribution in [1.29, 1.82) is 0 Å². The molecule has 0 aromatic heterocycles. The van der Waals surface area contributed by atoms with E-state index < -0.39 is 5.97 Å². The highest BCUT2D eigenvalue weighted by molar-refractivity contribution is 5.93. The number of aliphatic carboxylic acids is 1. The molecule has 5 nitrogen and oxygen atoms in total. The summed E-state index contributed by atoms with van der Waals surface area (Å²) in [6, 6.07) is 7.38. The molecule has 1 aromatic carbocycles. The molecule has 2 atom stereocenters. The molecule has 1 aromatic rings. The number of amides is 1. The van der Waals surface area contributed by atoms with E-state index >= 15 is 0 Å². The highest BCUT2D eigenvalue weighted by atomic mass is 16.4. The molecule has 1 saturated heterocycles. The number of carboxylic acid groups (broad SMARTS) is 1. The van der Waals surface area contributed by atoms with Crippen LogP contribution in [0.3, 0.4) is 0 Å². The van der Waals surface area contributed by atoms with E-state index in [2.05, 4.69) is 17.6 Å². The minimum Gasteiger partial charge on any atom is -0.481 e. The van der Waals surface area contributed by atoms with Crippen molar-refractivity contribution in [2.24, 2.45) is 11.8 Å². The average Bonchev–Trinajstić information content (AvgIpc) is 2.83. The molecule has 1 aliphatic rings. The maximum Gasteiger partial charge on any atom is 0.303 e. The smallest absolute Gasteiger partial charge is 0.303 e. The molecule has 1 fully saturated rings. The lowest BCUT2D eigenvalue weighted by molar-refractivity contribution is -0.137. The number of carboxylic acids is 1. The third kappa shape index (κ3) is 3.81. The first-order chi connectivity index (χ1) is 9.56. The molecule has 0 saturated carbocycles. The Morgan fingerprint density at radius 2 is 2.20 bits per heavy atom. The molecule has 0 aliphatic carbocycles. The molecule has 2 rings (SSSR count). The van der Waals surface area contributed by atoms with E-state index in [0.29, 0.717) is 18.9 Å². The molecular formula is C15H20N2O3. The van der Waals surface area contributed by atoms with Crippen molar-refractivity contribution in [1.82, 2.24) is 5.32 Å². The minimum atomic E-state index is -0.815. The fraction of sp³-hybridized carbons (Fsp3) is 0.467. The van der Waals surface area contributed by atoms with E-state index in [1.165, 1.54) is 0 Å². The van der Waals surface area contributed by atoms with Gasteiger partial charge in [-0.05, 0) is 36.6 Å². The van der Waals surface area contributed by atoms with Crippen LogP contribution in [0.15, 0.2) is 24.3 Å². The van der Waals surface area contributed by atoms with E-state index in [1.54, 1.807) is 0 Å². The Morgan fingerprint density at radius 1 is 1.40 bits per heavy atom. The normalized spacial score (nSPS) is 21.6. The van der Waals surface area contributed by atoms with Crippen molar-refractivity contribution in [3.05, 3.63) is 29.8 Å². The Morgan fingerprint density at radius 3 is 2.85 bits per heavy atom. The van der Waals surface area contributed by atoms with Gasteiger partial charge < -0.3 is 15.7 Å². The predicted molar refractivity (Wildman–Crippen MR) is 76.6 cm³/mol. The number of hydrogen-bond acceptors (Lipinski definition) is 3. The number of benzene rings is 1. The Labute approximate surface area is 118 Å². The summed E-state index contributed by atoms with van der Waals surface area (Å²) in [6.07, 6.45) is 0.571. The second-order valence-electron chi connectivity index (χ2n) is 5.33. The molecule has 1 aliphatic heterocycles. The first kappa shape index (κ1) is 14.5. The van der Waals surface area contributed by atoms with Crippen LogP contribution in [0.5, 0.6) is 0 Å². The Kier molecular flexibility index (Phi) is 4.74. The molecule has 1 amide bonds. The van der Waals surface area contributed by atoms with Crippen LogP contribution in [0.1, 0.15) is 18.9 Å². The van der Waals surface area contributed by atoms with Gasteiger partial charge in [0.2, 0.25) is 5.91 Å². The van der Waals surface area contributed by atoms with Gasteiger partial charge in [-0.1, -0.05) is 19.1 Å². The summed E-state index contributed by atoms with van der Waals surface area (Å²) in [7, 11) is 0. The van der Waals surface area contributed by atoms with E-state index in [0.717, 1.165) is 17.8 Å². The molecule has 1 heterocycles. The summed E-state index contributed by atoms with van der Waals surface area (Å²) in [5.41, 5.74) is 1.65.